The lowest BCUT2D eigenvalue weighted by Crippen LogP contribution is -2.53. The summed E-state index contributed by atoms with van der Waals surface area (Å²) >= 11 is 0. The number of rotatable bonds is 7. The lowest BCUT2D eigenvalue weighted by atomic mass is 9.83. The van der Waals surface area contributed by atoms with Crippen molar-refractivity contribution in [2.24, 2.45) is 0 Å². The lowest BCUT2D eigenvalue weighted by molar-refractivity contribution is -0.155. The fourth-order valence-electron chi connectivity index (χ4n) is 5.53. The normalized spacial score (nSPS) is 18.0. The van der Waals surface area contributed by atoms with Crippen LogP contribution in [0.15, 0.2) is 65.5 Å². The zero-order chi connectivity index (χ0) is 25.5. The van der Waals surface area contributed by atoms with E-state index >= 15 is 0 Å². The van der Waals surface area contributed by atoms with Gasteiger partial charge >= 0.3 is 0 Å². The molecule has 0 saturated heterocycles. The third-order valence-electron chi connectivity index (χ3n) is 7.77. The van der Waals surface area contributed by atoms with Crippen LogP contribution in [0.4, 0.5) is 0 Å². The Bertz CT molecular complexity index is 1500. The van der Waals surface area contributed by atoms with Crippen LogP contribution in [-0.4, -0.2) is 31.1 Å². The number of fused-ring (bicyclic) bond motifs is 1. The first-order chi connectivity index (χ1) is 18.0. The summed E-state index contributed by atoms with van der Waals surface area (Å²) in [6.45, 7) is 2.16. The van der Waals surface area contributed by atoms with Gasteiger partial charge in [0.2, 0.25) is 0 Å². The molecule has 0 radical (unpaired) electrons. The Balaban J connectivity index is 1.24. The summed E-state index contributed by atoms with van der Waals surface area (Å²) in [4.78, 5) is 35.7. The van der Waals surface area contributed by atoms with Crippen LogP contribution in [0, 0.1) is 6.92 Å². The maximum Gasteiger partial charge on any atom is 0.274 e. The molecule has 2 aliphatic rings. The second-order valence-electron chi connectivity index (χ2n) is 10.4. The highest BCUT2D eigenvalue weighted by Crippen LogP contribution is 2.47. The predicted octanol–water partition coefficient (Wildman–Crippen LogP) is 4.42. The number of hydrogen-bond donors (Lipinski definition) is 2. The smallest absolute Gasteiger partial charge is 0.274 e. The molecule has 6 rings (SSSR count). The zero-order valence-corrected chi connectivity index (χ0v) is 21.0. The zero-order valence-electron chi connectivity index (χ0n) is 21.0. The van der Waals surface area contributed by atoms with E-state index in [1.54, 1.807) is 0 Å². The van der Waals surface area contributed by atoms with Gasteiger partial charge in [0.25, 0.3) is 17.2 Å². The van der Waals surface area contributed by atoms with E-state index in [2.05, 4.69) is 39.4 Å². The molecule has 1 amide bonds. The number of ether oxygens (including phenoxy) is 1. The Hall–Kier alpha value is -3.78. The van der Waals surface area contributed by atoms with E-state index in [4.69, 9.17) is 4.74 Å². The summed E-state index contributed by atoms with van der Waals surface area (Å²) in [6, 6.07) is 19.3. The van der Waals surface area contributed by atoms with Crippen molar-refractivity contribution in [1.29, 1.82) is 0 Å². The molecule has 190 valence electrons. The molecule has 37 heavy (non-hydrogen) atoms. The molecule has 4 aromatic rings. The molecule has 0 bridgehead atoms. The highest BCUT2D eigenvalue weighted by molar-refractivity contribution is 5.86. The molecule has 0 atom stereocenters. The molecule has 2 aromatic carbocycles. The van der Waals surface area contributed by atoms with Crippen LogP contribution in [0.3, 0.4) is 0 Å². The second kappa shape index (κ2) is 9.27. The number of nitrogens with zero attached hydrogens (tertiary/aromatic N) is 3. The van der Waals surface area contributed by atoms with Crippen molar-refractivity contribution in [3.05, 3.63) is 87.8 Å². The van der Waals surface area contributed by atoms with E-state index in [-0.39, 0.29) is 29.4 Å². The summed E-state index contributed by atoms with van der Waals surface area (Å²) < 4.78 is 7.72. The lowest BCUT2D eigenvalue weighted by Gasteiger charge is -2.37. The Morgan fingerprint density at radius 3 is 2.46 bits per heavy atom. The molecule has 2 saturated carbocycles. The number of amides is 1. The molecule has 2 aromatic heterocycles. The number of H-pyrrole nitrogens is 1. The van der Waals surface area contributed by atoms with Gasteiger partial charge in [-0.2, -0.15) is 9.50 Å². The number of aryl methyl sites for hydroxylation is 1. The maximum absolute atomic E-state index is 13.8. The van der Waals surface area contributed by atoms with Crippen molar-refractivity contribution in [3.8, 4) is 11.4 Å². The van der Waals surface area contributed by atoms with Gasteiger partial charge in [0.15, 0.2) is 5.82 Å². The van der Waals surface area contributed by atoms with Crippen molar-refractivity contribution in [2.75, 3.05) is 0 Å². The Morgan fingerprint density at radius 2 is 1.73 bits per heavy atom. The minimum absolute atomic E-state index is 0.0584. The monoisotopic (exact) mass is 497 g/mol. The van der Waals surface area contributed by atoms with E-state index in [9.17, 15) is 9.59 Å². The first-order valence-corrected chi connectivity index (χ1v) is 13.0. The van der Waals surface area contributed by atoms with Crippen LogP contribution < -0.4 is 10.9 Å². The molecule has 8 nitrogen and oxygen atoms in total. The first-order valence-electron chi connectivity index (χ1n) is 13.0. The van der Waals surface area contributed by atoms with Crippen LogP contribution in [0.25, 0.3) is 17.2 Å². The van der Waals surface area contributed by atoms with E-state index in [1.165, 1.54) is 21.7 Å². The van der Waals surface area contributed by atoms with E-state index in [1.807, 2.05) is 42.5 Å². The molecule has 0 unspecified atom stereocenters. The average Bonchev–Trinajstić information content (AvgIpc) is 3.56. The average molecular weight is 498 g/mol. The summed E-state index contributed by atoms with van der Waals surface area (Å²) in [5.74, 6) is 0.790. The maximum atomic E-state index is 13.8. The van der Waals surface area contributed by atoms with E-state index in [0.29, 0.717) is 24.4 Å². The van der Waals surface area contributed by atoms with Gasteiger partial charge in [0.05, 0.1) is 17.8 Å². The SMILES string of the molecule is Cc1ccccc1C1(NC(=O)C2(OCc3cc(=O)n4[nH]c(-c5ccccc5)nc4n3)CCCCC2)CC1. The molecule has 2 fully saturated rings. The molecule has 2 heterocycles. The molecular weight excluding hydrogens is 466 g/mol. The fourth-order valence-corrected chi connectivity index (χ4v) is 5.53. The molecule has 0 spiro atoms. The summed E-state index contributed by atoms with van der Waals surface area (Å²) in [5, 5.41) is 6.38. The fraction of sp³-hybridized carbons (Fsp3) is 0.379. The summed E-state index contributed by atoms with van der Waals surface area (Å²) in [7, 11) is 0. The number of carbonyl (C=O) groups excluding carboxylic acids is 1. The van der Waals surface area contributed by atoms with Gasteiger partial charge in [-0.15, -0.1) is 0 Å². The van der Waals surface area contributed by atoms with Crippen LogP contribution in [0.2, 0.25) is 0 Å². The minimum atomic E-state index is -0.926. The van der Waals surface area contributed by atoms with Crippen LogP contribution >= 0.6 is 0 Å². The quantitative estimate of drug-likeness (QED) is 0.394. The van der Waals surface area contributed by atoms with Crippen molar-refractivity contribution in [2.45, 2.75) is 69.6 Å². The molecular formula is C29H31N5O3. The summed E-state index contributed by atoms with van der Waals surface area (Å²) in [6.07, 6.45) is 6.12. The third-order valence-corrected chi connectivity index (χ3v) is 7.77. The first kappa shape index (κ1) is 23.6. The number of benzene rings is 2. The third kappa shape index (κ3) is 4.46. The summed E-state index contributed by atoms with van der Waals surface area (Å²) in [5.41, 5.74) is 2.20. The van der Waals surface area contributed by atoms with Crippen LogP contribution in [0.1, 0.15) is 61.8 Å². The van der Waals surface area contributed by atoms with E-state index < -0.39 is 5.60 Å². The molecule has 2 aliphatic carbocycles. The van der Waals surface area contributed by atoms with Gasteiger partial charge in [0.1, 0.15) is 5.60 Å². The predicted molar refractivity (Wildman–Crippen MR) is 140 cm³/mol. The van der Waals surface area contributed by atoms with Gasteiger partial charge in [-0.1, -0.05) is 73.9 Å². The minimum Gasteiger partial charge on any atom is -0.359 e. The van der Waals surface area contributed by atoms with Gasteiger partial charge in [0, 0.05) is 11.6 Å². The highest BCUT2D eigenvalue weighted by Gasteiger charge is 2.51. The Labute approximate surface area is 215 Å². The Kier molecular flexibility index (Phi) is 5.91. The highest BCUT2D eigenvalue weighted by atomic mass is 16.5. The van der Waals surface area contributed by atoms with Gasteiger partial charge in [-0.25, -0.2) is 4.98 Å². The number of aromatic nitrogens is 4. The number of hydrogen-bond acceptors (Lipinski definition) is 5. The molecule has 0 aliphatic heterocycles. The standard InChI is InChI=1S/C29H31N5O3/c1-20-10-6-7-13-23(20)28(16-17-28)32-26(36)29(14-8-3-9-15-29)37-19-22-18-24(35)34-27(30-22)31-25(33-34)21-11-4-2-5-12-21/h2,4-7,10-13,18H,3,8-9,14-17,19H2,1H3,(H,32,36)(H,30,31,33). The molecule has 2 N–H and O–H groups in total. The van der Waals surface area contributed by atoms with Crippen molar-refractivity contribution in [3.63, 3.8) is 0 Å². The van der Waals surface area contributed by atoms with Gasteiger partial charge < -0.3 is 10.1 Å². The van der Waals surface area contributed by atoms with Crippen LogP contribution in [0.5, 0.6) is 0 Å². The van der Waals surface area contributed by atoms with Crippen LogP contribution in [-0.2, 0) is 21.7 Å². The molecule has 8 heteroatoms. The largest absolute Gasteiger partial charge is 0.359 e. The number of aromatic amines is 1. The van der Waals surface area contributed by atoms with Crippen molar-refractivity contribution in [1.82, 2.24) is 24.9 Å². The van der Waals surface area contributed by atoms with Crippen molar-refractivity contribution < 1.29 is 9.53 Å². The number of nitrogens with one attached hydrogen (secondary N) is 2. The van der Waals surface area contributed by atoms with Gasteiger partial charge in [-0.3, -0.25) is 14.7 Å². The number of carbonyl (C=O) groups is 1. The topological polar surface area (TPSA) is 101 Å². The van der Waals surface area contributed by atoms with E-state index in [0.717, 1.165) is 37.7 Å². The van der Waals surface area contributed by atoms with Gasteiger partial charge in [-0.05, 0) is 43.7 Å². The Morgan fingerprint density at radius 1 is 1.00 bits per heavy atom. The van der Waals surface area contributed by atoms with Crippen molar-refractivity contribution >= 4 is 11.7 Å². The second-order valence-corrected chi connectivity index (χ2v) is 10.4.